The van der Waals surface area contributed by atoms with Gasteiger partial charge in [0, 0.05) is 21.8 Å². The minimum Gasteiger partial charge on any atom is -0.479 e. The number of hydrogen-bond donors (Lipinski definition) is 3. The number of amides is 3. The average Bonchev–Trinajstić information content (AvgIpc) is 2.80. The van der Waals surface area contributed by atoms with Gasteiger partial charge in [-0.05, 0) is 61.5 Å². The van der Waals surface area contributed by atoms with E-state index < -0.39 is 17.9 Å². The zero-order valence-corrected chi connectivity index (χ0v) is 18.4. The van der Waals surface area contributed by atoms with Crippen molar-refractivity contribution in [2.45, 2.75) is 13.0 Å². The van der Waals surface area contributed by atoms with Crippen molar-refractivity contribution >= 4 is 46.6 Å². The summed E-state index contributed by atoms with van der Waals surface area (Å²) in [6.45, 7) is 1.51. The lowest BCUT2D eigenvalue weighted by Gasteiger charge is -2.16. The monoisotopic (exact) mass is 471 g/mol. The van der Waals surface area contributed by atoms with Gasteiger partial charge in [-0.1, -0.05) is 41.4 Å². The highest BCUT2D eigenvalue weighted by atomic mass is 35.5. The largest absolute Gasteiger partial charge is 0.479 e. The Hall–Kier alpha value is -3.55. The Morgan fingerprint density at radius 3 is 2.12 bits per heavy atom. The van der Waals surface area contributed by atoms with Gasteiger partial charge in [-0.15, -0.1) is 0 Å². The first kappa shape index (κ1) is 23.1. The lowest BCUT2D eigenvalue weighted by Crippen LogP contribution is -2.47. The first-order chi connectivity index (χ1) is 15.3. The maximum atomic E-state index is 12.3. The smallest absolute Gasteiger partial charge is 0.279 e. The number of benzene rings is 3. The summed E-state index contributed by atoms with van der Waals surface area (Å²) in [5.41, 5.74) is 5.95. The first-order valence-electron chi connectivity index (χ1n) is 9.52. The van der Waals surface area contributed by atoms with Crippen molar-refractivity contribution in [2.75, 3.05) is 5.32 Å². The summed E-state index contributed by atoms with van der Waals surface area (Å²) >= 11 is 11.9. The molecular weight excluding hydrogens is 453 g/mol. The van der Waals surface area contributed by atoms with Crippen LogP contribution in [-0.4, -0.2) is 23.8 Å². The number of hydrogen-bond acceptors (Lipinski definition) is 4. The molecule has 0 unspecified atom stereocenters. The Bertz CT molecular complexity index is 1120. The molecule has 0 bridgehead atoms. The van der Waals surface area contributed by atoms with Crippen molar-refractivity contribution in [3.05, 3.63) is 94.0 Å². The van der Waals surface area contributed by atoms with E-state index in [0.717, 1.165) is 0 Å². The second-order valence-corrected chi connectivity index (χ2v) is 7.52. The van der Waals surface area contributed by atoms with Gasteiger partial charge in [0.25, 0.3) is 17.7 Å². The number of carbonyl (C=O) groups is 3. The minimum atomic E-state index is -0.926. The van der Waals surface area contributed by atoms with E-state index in [1.54, 1.807) is 48.5 Å². The van der Waals surface area contributed by atoms with Gasteiger partial charge in [0.15, 0.2) is 6.10 Å². The number of halogens is 2. The summed E-state index contributed by atoms with van der Waals surface area (Å²) in [6.07, 6.45) is -0.926. The van der Waals surface area contributed by atoms with Crippen molar-refractivity contribution in [3.63, 3.8) is 0 Å². The van der Waals surface area contributed by atoms with Crippen LogP contribution in [0.15, 0.2) is 72.8 Å². The van der Waals surface area contributed by atoms with Gasteiger partial charge in [0.1, 0.15) is 5.75 Å². The van der Waals surface area contributed by atoms with E-state index in [4.69, 9.17) is 27.9 Å². The third-order valence-electron chi connectivity index (χ3n) is 4.31. The van der Waals surface area contributed by atoms with Crippen LogP contribution in [0, 0.1) is 0 Å². The summed E-state index contributed by atoms with van der Waals surface area (Å²) in [4.78, 5) is 36.7. The first-order valence-corrected chi connectivity index (χ1v) is 10.3. The summed E-state index contributed by atoms with van der Waals surface area (Å²) < 4.78 is 5.49. The second kappa shape index (κ2) is 10.7. The third-order valence-corrected chi connectivity index (χ3v) is 4.84. The predicted octanol–water partition coefficient (Wildman–Crippen LogP) is 4.47. The molecule has 0 saturated carbocycles. The number of anilines is 1. The van der Waals surface area contributed by atoms with Crippen LogP contribution in [0.4, 0.5) is 5.69 Å². The fourth-order valence-electron chi connectivity index (χ4n) is 2.60. The van der Waals surface area contributed by atoms with E-state index in [9.17, 15) is 14.4 Å². The van der Waals surface area contributed by atoms with Crippen LogP contribution >= 0.6 is 23.2 Å². The molecule has 3 rings (SSSR count). The van der Waals surface area contributed by atoms with Crippen LogP contribution in [0.5, 0.6) is 5.75 Å². The summed E-state index contributed by atoms with van der Waals surface area (Å²) in [5.74, 6) is -1.07. The van der Waals surface area contributed by atoms with Gasteiger partial charge in [-0.25, -0.2) is 0 Å². The molecule has 3 aromatic rings. The van der Waals surface area contributed by atoms with Crippen LogP contribution in [0.1, 0.15) is 27.6 Å². The molecule has 0 saturated heterocycles. The van der Waals surface area contributed by atoms with Crippen molar-refractivity contribution in [1.29, 1.82) is 0 Å². The fourth-order valence-corrected chi connectivity index (χ4v) is 3.06. The number of ether oxygens (including phenoxy) is 1. The van der Waals surface area contributed by atoms with Gasteiger partial charge in [0.2, 0.25) is 0 Å². The molecular formula is C23H19Cl2N3O4. The maximum Gasteiger partial charge on any atom is 0.279 e. The molecule has 32 heavy (non-hydrogen) atoms. The third kappa shape index (κ3) is 6.23. The highest BCUT2D eigenvalue weighted by Crippen LogP contribution is 2.28. The topological polar surface area (TPSA) is 96.5 Å². The van der Waals surface area contributed by atoms with Crippen LogP contribution in [0.2, 0.25) is 10.0 Å². The maximum absolute atomic E-state index is 12.3. The Morgan fingerprint density at radius 2 is 1.47 bits per heavy atom. The molecule has 0 radical (unpaired) electrons. The normalized spacial score (nSPS) is 11.2. The van der Waals surface area contributed by atoms with Gasteiger partial charge in [-0.3, -0.25) is 25.2 Å². The standard InChI is InChI=1S/C23H19Cl2N3O4/c1-14(32-20-12-9-17(24)13-19(20)25)21(29)27-28-23(31)16-7-10-18(11-8-16)26-22(30)15-5-3-2-4-6-15/h2-14H,1H3,(H,26,30)(H,27,29)(H,28,31)/t14-/m0/s1. The van der Waals surface area contributed by atoms with E-state index in [1.165, 1.54) is 25.1 Å². The fraction of sp³-hybridized carbons (Fsp3) is 0.0870. The Morgan fingerprint density at radius 1 is 0.812 bits per heavy atom. The van der Waals surface area contributed by atoms with Gasteiger partial charge in [-0.2, -0.15) is 0 Å². The van der Waals surface area contributed by atoms with E-state index in [0.29, 0.717) is 16.3 Å². The SMILES string of the molecule is C[C@H](Oc1ccc(Cl)cc1Cl)C(=O)NNC(=O)c1ccc(NC(=O)c2ccccc2)cc1. The lowest BCUT2D eigenvalue weighted by atomic mass is 10.1. The Balaban J connectivity index is 1.50. The second-order valence-electron chi connectivity index (χ2n) is 6.68. The van der Waals surface area contributed by atoms with Crippen molar-refractivity contribution in [2.24, 2.45) is 0 Å². The van der Waals surface area contributed by atoms with Crippen molar-refractivity contribution < 1.29 is 19.1 Å². The van der Waals surface area contributed by atoms with E-state index in [1.807, 2.05) is 6.07 Å². The number of nitrogens with one attached hydrogen (secondary N) is 3. The van der Waals surface area contributed by atoms with Crippen molar-refractivity contribution in [1.82, 2.24) is 10.9 Å². The molecule has 164 valence electrons. The highest BCUT2D eigenvalue weighted by molar-refractivity contribution is 6.35. The highest BCUT2D eigenvalue weighted by Gasteiger charge is 2.17. The molecule has 7 nitrogen and oxygen atoms in total. The molecule has 0 fully saturated rings. The quantitative estimate of drug-likeness (QED) is 0.461. The summed E-state index contributed by atoms with van der Waals surface area (Å²) in [6, 6.07) is 19.6. The molecule has 1 atom stereocenters. The van der Waals surface area contributed by atoms with Gasteiger partial charge >= 0.3 is 0 Å². The molecule has 3 N–H and O–H groups in total. The van der Waals surface area contributed by atoms with Crippen LogP contribution in [0.3, 0.4) is 0 Å². The molecule has 0 aliphatic heterocycles. The number of carbonyl (C=O) groups excluding carboxylic acids is 3. The molecule has 0 spiro atoms. The molecule has 9 heteroatoms. The zero-order valence-electron chi connectivity index (χ0n) is 16.9. The number of hydrazine groups is 1. The Kier molecular flexibility index (Phi) is 7.70. The van der Waals surface area contributed by atoms with Gasteiger partial charge in [0.05, 0.1) is 5.02 Å². The van der Waals surface area contributed by atoms with E-state index in [-0.39, 0.29) is 22.2 Å². The number of rotatable bonds is 6. The van der Waals surface area contributed by atoms with Crippen LogP contribution < -0.4 is 20.9 Å². The minimum absolute atomic E-state index is 0.259. The lowest BCUT2D eigenvalue weighted by molar-refractivity contribution is -0.128. The van der Waals surface area contributed by atoms with Crippen LogP contribution in [-0.2, 0) is 4.79 Å². The van der Waals surface area contributed by atoms with Crippen LogP contribution in [0.25, 0.3) is 0 Å². The molecule has 3 aromatic carbocycles. The van der Waals surface area contributed by atoms with E-state index in [2.05, 4.69) is 16.2 Å². The Labute approximate surface area is 194 Å². The van der Waals surface area contributed by atoms with Gasteiger partial charge < -0.3 is 10.1 Å². The average molecular weight is 472 g/mol. The zero-order chi connectivity index (χ0) is 23.1. The molecule has 0 aliphatic carbocycles. The van der Waals surface area contributed by atoms with Crippen molar-refractivity contribution in [3.8, 4) is 5.75 Å². The molecule has 0 aromatic heterocycles. The predicted molar refractivity (Wildman–Crippen MR) is 123 cm³/mol. The molecule has 0 heterocycles. The summed E-state index contributed by atoms with van der Waals surface area (Å²) in [5, 5.41) is 3.45. The summed E-state index contributed by atoms with van der Waals surface area (Å²) in [7, 11) is 0. The molecule has 0 aliphatic rings. The van der Waals surface area contributed by atoms with E-state index >= 15 is 0 Å². The molecule has 3 amide bonds.